The molecule has 0 radical (unpaired) electrons. The highest BCUT2D eigenvalue weighted by atomic mass is 32.2. The van der Waals surface area contributed by atoms with E-state index < -0.39 is 10.0 Å². The Morgan fingerprint density at radius 3 is 2.40 bits per heavy atom. The molecule has 1 aromatic rings. The second-order valence-corrected chi connectivity index (χ2v) is 6.91. The molecule has 0 unspecified atom stereocenters. The molecule has 0 atom stereocenters. The van der Waals surface area contributed by atoms with Crippen molar-refractivity contribution in [1.29, 1.82) is 0 Å². The summed E-state index contributed by atoms with van der Waals surface area (Å²) in [5.74, 6) is 0. The Morgan fingerprint density at radius 2 is 1.80 bits per heavy atom. The fourth-order valence-electron chi connectivity index (χ4n) is 2.20. The molecule has 5 heteroatoms. The third-order valence-corrected chi connectivity index (χ3v) is 4.97. The standard InChI is InChI=1S/C15H26N2O2S/c1-5-6-7-8-17-20(18,19)15-10-14(11-16-4)12(2)9-13(15)3/h9-10,16-17H,5-8,11H2,1-4H3. The summed E-state index contributed by atoms with van der Waals surface area (Å²) in [7, 11) is -1.55. The van der Waals surface area contributed by atoms with Crippen molar-refractivity contribution in [3.8, 4) is 0 Å². The summed E-state index contributed by atoms with van der Waals surface area (Å²) in [6, 6.07) is 3.72. The van der Waals surface area contributed by atoms with E-state index in [1.165, 1.54) is 0 Å². The van der Waals surface area contributed by atoms with Crippen LogP contribution in [0.2, 0.25) is 0 Å². The summed E-state index contributed by atoms with van der Waals surface area (Å²) in [6.45, 7) is 7.12. The van der Waals surface area contributed by atoms with Crippen LogP contribution >= 0.6 is 0 Å². The Balaban J connectivity index is 2.96. The first-order valence-electron chi connectivity index (χ1n) is 7.16. The van der Waals surface area contributed by atoms with Crippen LogP contribution < -0.4 is 10.0 Å². The van der Waals surface area contributed by atoms with Crippen molar-refractivity contribution in [2.75, 3.05) is 13.6 Å². The Morgan fingerprint density at radius 1 is 1.10 bits per heavy atom. The van der Waals surface area contributed by atoms with Gasteiger partial charge in [-0.05, 0) is 50.1 Å². The van der Waals surface area contributed by atoms with Crippen molar-refractivity contribution in [3.05, 3.63) is 28.8 Å². The number of nitrogens with one attached hydrogen (secondary N) is 2. The van der Waals surface area contributed by atoms with E-state index in [0.29, 0.717) is 18.0 Å². The van der Waals surface area contributed by atoms with Gasteiger partial charge in [0, 0.05) is 13.1 Å². The zero-order chi connectivity index (χ0) is 15.2. The van der Waals surface area contributed by atoms with E-state index >= 15 is 0 Å². The molecule has 0 heterocycles. The molecule has 0 aromatic heterocycles. The zero-order valence-corrected chi connectivity index (χ0v) is 13.7. The molecule has 20 heavy (non-hydrogen) atoms. The second-order valence-electron chi connectivity index (χ2n) is 5.18. The van der Waals surface area contributed by atoms with Gasteiger partial charge in [0.15, 0.2) is 0 Å². The monoisotopic (exact) mass is 298 g/mol. The third kappa shape index (κ3) is 4.58. The lowest BCUT2D eigenvalue weighted by Gasteiger charge is -2.13. The lowest BCUT2D eigenvalue weighted by Crippen LogP contribution is -2.26. The lowest BCUT2D eigenvalue weighted by atomic mass is 10.1. The molecule has 0 bridgehead atoms. The fraction of sp³-hybridized carbons (Fsp3) is 0.600. The number of unbranched alkanes of at least 4 members (excludes halogenated alkanes) is 2. The molecule has 0 aliphatic heterocycles. The number of rotatable bonds is 8. The van der Waals surface area contributed by atoms with Crippen LogP contribution in [0.5, 0.6) is 0 Å². The van der Waals surface area contributed by atoms with Crippen LogP contribution in [0.4, 0.5) is 0 Å². The van der Waals surface area contributed by atoms with Gasteiger partial charge < -0.3 is 5.32 Å². The quantitative estimate of drug-likeness (QED) is 0.725. The van der Waals surface area contributed by atoms with Crippen LogP contribution in [0.1, 0.15) is 42.9 Å². The van der Waals surface area contributed by atoms with Gasteiger partial charge in [0.2, 0.25) is 10.0 Å². The number of hydrogen-bond acceptors (Lipinski definition) is 3. The Labute approximate surface area is 123 Å². The molecule has 1 rings (SSSR count). The van der Waals surface area contributed by atoms with Gasteiger partial charge in [-0.3, -0.25) is 0 Å². The summed E-state index contributed by atoms with van der Waals surface area (Å²) in [5.41, 5.74) is 2.93. The molecule has 0 saturated heterocycles. The van der Waals surface area contributed by atoms with Gasteiger partial charge in [-0.2, -0.15) is 0 Å². The normalized spacial score (nSPS) is 11.8. The summed E-state index contributed by atoms with van der Waals surface area (Å²) < 4.78 is 27.4. The molecular formula is C15H26N2O2S. The number of hydrogen-bond donors (Lipinski definition) is 2. The first kappa shape index (κ1) is 17.1. The van der Waals surface area contributed by atoms with E-state index in [2.05, 4.69) is 17.0 Å². The highest BCUT2D eigenvalue weighted by molar-refractivity contribution is 7.89. The zero-order valence-electron chi connectivity index (χ0n) is 12.9. The average Bonchev–Trinajstić information content (AvgIpc) is 2.38. The van der Waals surface area contributed by atoms with Gasteiger partial charge in [0.25, 0.3) is 0 Å². The fourth-order valence-corrected chi connectivity index (χ4v) is 3.55. The maximum absolute atomic E-state index is 12.4. The van der Waals surface area contributed by atoms with Crippen LogP contribution in [0.25, 0.3) is 0 Å². The van der Waals surface area contributed by atoms with E-state index in [-0.39, 0.29) is 0 Å². The molecule has 0 spiro atoms. The minimum Gasteiger partial charge on any atom is -0.316 e. The van der Waals surface area contributed by atoms with E-state index in [1.807, 2.05) is 27.0 Å². The predicted molar refractivity (Wildman–Crippen MR) is 83.4 cm³/mol. The van der Waals surface area contributed by atoms with Gasteiger partial charge >= 0.3 is 0 Å². The molecule has 0 aliphatic rings. The first-order valence-corrected chi connectivity index (χ1v) is 8.65. The SMILES string of the molecule is CCCCCNS(=O)(=O)c1cc(CNC)c(C)cc1C. The summed E-state index contributed by atoms with van der Waals surface area (Å²) >= 11 is 0. The molecule has 0 saturated carbocycles. The summed E-state index contributed by atoms with van der Waals surface area (Å²) in [5, 5.41) is 3.07. The Kier molecular flexibility index (Phi) is 6.65. The van der Waals surface area contributed by atoms with Crippen LogP contribution in [0, 0.1) is 13.8 Å². The van der Waals surface area contributed by atoms with Gasteiger partial charge in [-0.25, -0.2) is 13.1 Å². The highest BCUT2D eigenvalue weighted by Gasteiger charge is 2.17. The largest absolute Gasteiger partial charge is 0.316 e. The number of benzene rings is 1. The van der Waals surface area contributed by atoms with E-state index in [0.717, 1.165) is 36.0 Å². The van der Waals surface area contributed by atoms with E-state index in [4.69, 9.17) is 0 Å². The smallest absolute Gasteiger partial charge is 0.240 e. The van der Waals surface area contributed by atoms with Crippen molar-refractivity contribution in [3.63, 3.8) is 0 Å². The van der Waals surface area contributed by atoms with Gasteiger partial charge in [-0.1, -0.05) is 25.8 Å². The molecule has 0 fully saturated rings. The van der Waals surface area contributed by atoms with Crippen LogP contribution in [0.3, 0.4) is 0 Å². The maximum Gasteiger partial charge on any atom is 0.240 e. The minimum absolute atomic E-state index is 0.393. The van der Waals surface area contributed by atoms with Gasteiger partial charge in [0.05, 0.1) is 4.90 Å². The number of sulfonamides is 1. The summed E-state index contributed by atoms with van der Waals surface area (Å²) in [6.07, 6.45) is 3.00. The predicted octanol–water partition coefficient (Wildman–Crippen LogP) is 2.49. The highest BCUT2D eigenvalue weighted by Crippen LogP contribution is 2.20. The maximum atomic E-state index is 12.4. The second kappa shape index (κ2) is 7.76. The molecule has 0 amide bonds. The summed E-state index contributed by atoms with van der Waals surface area (Å²) in [4.78, 5) is 0.393. The van der Waals surface area contributed by atoms with Crippen molar-refractivity contribution >= 4 is 10.0 Å². The molecule has 0 aliphatic carbocycles. The Hall–Kier alpha value is -0.910. The minimum atomic E-state index is -3.41. The van der Waals surface area contributed by atoms with Crippen LogP contribution in [-0.2, 0) is 16.6 Å². The number of aryl methyl sites for hydroxylation is 2. The topological polar surface area (TPSA) is 58.2 Å². The van der Waals surface area contributed by atoms with Crippen LogP contribution in [0.15, 0.2) is 17.0 Å². The van der Waals surface area contributed by atoms with Crippen molar-refractivity contribution in [2.24, 2.45) is 0 Å². The molecule has 4 nitrogen and oxygen atoms in total. The average molecular weight is 298 g/mol. The van der Waals surface area contributed by atoms with Gasteiger partial charge in [0.1, 0.15) is 0 Å². The molecule has 1 aromatic carbocycles. The third-order valence-electron chi connectivity index (χ3n) is 3.36. The van der Waals surface area contributed by atoms with Crippen molar-refractivity contribution < 1.29 is 8.42 Å². The molecular weight excluding hydrogens is 272 g/mol. The van der Waals surface area contributed by atoms with Crippen molar-refractivity contribution in [2.45, 2.75) is 51.5 Å². The first-order chi connectivity index (χ1) is 9.42. The van der Waals surface area contributed by atoms with Gasteiger partial charge in [-0.15, -0.1) is 0 Å². The van der Waals surface area contributed by atoms with E-state index in [9.17, 15) is 8.42 Å². The van der Waals surface area contributed by atoms with Crippen molar-refractivity contribution in [1.82, 2.24) is 10.0 Å². The molecule has 2 N–H and O–H groups in total. The lowest BCUT2D eigenvalue weighted by molar-refractivity contribution is 0.575. The van der Waals surface area contributed by atoms with E-state index in [1.54, 1.807) is 6.07 Å². The molecule has 114 valence electrons. The van der Waals surface area contributed by atoms with Crippen LogP contribution in [-0.4, -0.2) is 22.0 Å². The Bertz CT molecular complexity index is 539.